The summed E-state index contributed by atoms with van der Waals surface area (Å²) in [7, 11) is 1.68. The summed E-state index contributed by atoms with van der Waals surface area (Å²) in [5.74, 6) is -1.02. The topological polar surface area (TPSA) is 114 Å². The Hall–Kier alpha value is -3.10. The van der Waals surface area contributed by atoms with Crippen LogP contribution in [-0.4, -0.2) is 49.6 Å². The van der Waals surface area contributed by atoms with Crippen LogP contribution in [0.2, 0.25) is 0 Å². The maximum Gasteiger partial charge on any atom is 0.323 e. The van der Waals surface area contributed by atoms with Crippen molar-refractivity contribution in [3.05, 3.63) is 53.6 Å². The second kappa shape index (κ2) is 12.6. The van der Waals surface area contributed by atoms with Gasteiger partial charge < -0.3 is 25.6 Å². The summed E-state index contributed by atoms with van der Waals surface area (Å²) in [4.78, 5) is 25.8. The van der Waals surface area contributed by atoms with Crippen molar-refractivity contribution in [2.24, 2.45) is 5.73 Å². The van der Waals surface area contributed by atoms with Crippen molar-refractivity contribution in [3.63, 3.8) is 0 Å². The number of urea groups is 1. The standard InChI is InChI=1S/C27H37N3O5/c1-4-19(16-26(31)32)20-9-10-23(29-21-11-14-35-22(17-21)12-13-34-3)25(15-20)30(27(28)33)24-8-6-5-7-18(24)2/h5-10,15,19,21-22,29H,4,11-14,16-17H2,1-3H3,(H2,28,33)(H,31,32). The van der Waals surface area contributed by atoms with Crippen LogP contribution in [0.1, 0.15) is 56.1 Å². The van der Waals surface area contributed by atoms with Gasteiger partial charge in [-0.25, -0.2) is 4.79 Å². The number of carboxylic acid groups (broad SMARTS) is 1. The fraction of sp³-hybridized carbons (Fsp3) is 0.481. The van der Waals surface area contributed by atoms with E-state index < -0.39 is 12.0 Å². The van der Waals surface area contributed by atoms with E-state index in [1.54, 1.807) is 7.11 Å². The number of methoxy groups -OCH3 is 1. The van der Waals surface area contributed by atoms with Gasteiger partial charge in [-0.2, -0.15) is 0 Å². The minimum atomic E-state index is -0.851. The van der Waals surface area contributed by atoms with Gasteiger partial charge in [-0.3, -0.25) is 9.69 Å². The molecule has 2 aromatic carbocycles. The number of carboxylic acids is 1. The molecule has 2 amide bonds. The van der Waals surface area contributed by atoms with Crippen molar-refractivity contribution < 1.29 is 24.2 Å². The highest BCUT2D eigenvalue weighted by molar-refractivity contribution is 6.02. The average molecular weight is 484 g/mol. The predicted octanol–water partition coefficient (Wildman–Crippen LogP) is 5.18. The number of carbonyl (C=O) groups is 2. The van der Waals surface area contributed by atoms with Gasteiger partial charge in [-0.15, -0.1) is 0 Å². The van der Waals surface area contributed by atoms with Crippen molar-refractivity contribution >= 4 is 29.1 Å². The number of benzene rings is 2. The molecule has 1 fully saturated rings. The number of carbonyl (C=O) groups excluding carboxylic acids is 1. The zero-order valence-electron chi connectivity index (χ0n) is 20.8. The Kier molecular flexibility index (Phi) is 9.51. The minimum Gasteiger partial charge on any atom is -0.481 e. The van der Waals surface area contributed by atoms with E-state index in [1.165, 1.54) is 4.90 Å². The first-order chi connectivity index (χ1) is 16.8. The number of aryl methyl sites for hydroxylation is 1. The van der Waals surface area contributed by atoms with Gasteiger partial charge in [0.25, 0.3) is 0 Å². The van der Waals surface area contributed by atoms with Crippen molar-refractivity contribution in [1.82, 2.24) is 0 Å². The maximum absolute atomic E-state index is 12.8. The van der Waals surface area contributed by atoms with Crippen molar-refractivity contribution in [3.8, 4) is 0 Å². The molecule has 0 spiro atoms. The first-order valence-electron chi connectivity index (χ1n) is 12.2. The molecule has 3 atom stereocenters. The molecule has 0 radical (unpaired) electrons. The molecule has 0 saturated carbocycles. The number of rotatable bonds is 11. The number of amides is 2. The summed E-state index contributed by atoms with van der Waals surface area (Å²) >= 11 is 0. The quantitative estimate of drug-likeness (QED) is 0.406. The van der Waals surface area contributed by atoms with E-state index >= 15 is 0 Å². The van der Waals surface area contributed by atoms with Crippen LogP contribution in [0.25, 0.3) is 0 Å². The second-order valence-corrected chi connectivity index (χ2v) is 9.08. The number of nitrogens with zero attached hydrogens (tertiary/aromatic N) is 1. The fourth-order valence-electron chi connectivity index (χ4n) is 4.68. The van der Waals surface area contributed by atoms with E-state index in [1.807, 2.05) is 56.3 Å². The van der Waals surface area contributed by atoms with E-state index in [-0.39, 0.29) is 24.5 Å². The summed E-state index contributed by atoms with van der Waals surface area (Å²) in [6.07, 6.45) is 3.27. The van der Waals surface area contributed by atoms with E-state index in [2.05, 4.69) is 5.32 Å². The number of aliphatic carboxylic acids is 1. The molecule has 1 aliphatic heterocycles. The van der Waals surface area contributed by atoms with Crippen molar-refractivity contribution in [1.29, 1.82) is 0 Å². The van der Waals surface area contributed by atoms with Crippen LogP contribution in [0.5, 0.6) is 0 Å². The van der Waals surface area contributed by atoms with Crippen LogP contribution >= 0.6 is 0 Å². The van der Waals surface area contributed by atoms with E-state index in [0.29, 0.717) is 31.0 Å². The summed E-state index contributed by atoms with van der Waals surface area (Å²) in [5, 5.41) is 13.0. The third-order valence-corrected chi connectivity index (χ3v) is 6.60. The van der Waals surface area contributed by atoms with Gasteiger partial charge in [0, 0.05) is 26.4 Å². The molecule has 3 unspecified atom stereocenters. The molecule has 0 bridgehead atoms. The molecular weight excluding hydrogens is 446 g/mol. The molecule has 8 heteroatoms. The van der Waals surface area contributed by atoms with E-state index in [4.69, 9.17) is 15.2 Å². The first-order valence-corrected chi connectivity index (χ1v) is 12.2. The van der Waals surface area contributed by atoms with Gasteiger partial charge in [0.05, 0.1) is 29.6 Å². The molecule has 3 rings (SSSR count). The second-order valence-electron chi connectivity index (χ2n) is 9.08. The van der Waals surface area contributed by atoms with Crippen molar-refractivity contribution in [2.45, 2.75) is 64.0 Å². The van der Waals surface area contributed by atoms with Gasteiger partial charge in [0.2, 0.25) is 0 Å². The number of ether oxygens (including phenoxy) is 2. The Labute approximate surface area is 207 Å². The first kappa shape index (κ1) is 26.5. The largest absolute Gasteiger partial charge is 0.481 e. The van der Waals surface area contributed by atoms with Gasteiger partial charge in [-0.05, 0) is 67.9 Å². The van der Waals surface area contributed by atoms with Crippen LogP contribution in [-0.2, 0) is 14.3 Å². The van der Waals surface area contributed by atoms with E-state index in [0.717, 1.165) is 36.1 Å². The molecule has 1 aliphatic rings. The number of hydrogen-bond acceptors (Lipinski definition) is 5. The molecule has 2 aromatic rings. The molecule has 8 nitrogen and oxygen atoms in total. The molecule has 35 heavy (non-hydrogen) atoms. The van der Waals surface area contributed by atoms with Crippen molar-refractivity contribution in [2.75, 3.05) is 30.5 Å². The number of hydrogen-bond donors (Lipinski definition) is 3. The molecule has 190 valence electrons. The lowest BCUT2D eigenvalue weighted by atomic mass is 9.92. The highest BCUT2D eigenvalue weighted by atomic mass is 16.5. The van der Waals surface area contributed by atoms with Gasteiger partial charge in [0.1, 0.15) is 0 Å². The number of primary amides is 1. The highest BCUT2D eigenvalue weighted by Crippen LogP contribution is 2.38. The number of para-hydroxylation sites is 1. The Morgan fingerprint density at radius 2 is 2.03 bits per heavy atom. The third kappa shape index (κ3) is 6.96. The van der Waals surface area contributed by atoms with Gasteiger partial charge >= 0.3 is 12.0 Å². The lowest BCUT2D eigenvalue weighted by molar-refractivity contribution is -0.137. The molecular formula is C27H37N3O5. The summed E-state index contributed by atoms with van der Waals surface area (Å²) in [6, 6.07) is 12.9. The summed E-state index contributed by atoms with van der Waals surface area (Å²) < 4.78 is 11.1. The van der Waals surface area contributed by atoms with Gasteiger partial charge in [-0.1, -0.05) is 31.2 Å². The SMILES string of the molecule is CCC(CC(=O)O)c1ccc(NC2CCOC(CCOC)C2)c(N(C(N)=O)c2ccccc2C)c1. The lowest BCUT2D eigenvalue weighted by Gasteiger charge is -2.33. The molecule has 4 N–H and O–H groups in total. The van der Waals surface area contributed by atoms with E-state index in [9.17, 15) is 14.7 Å². The van der Waals surface area contributed by atoms with Crippen LogP contribution in [0, 0.1) is 6.92 Å². The van der Waals surface area contributed by atoms with Crippen LogP contribution < -0.4 is 16.0 Å². The normalized spacial score (nSPS) is 18.6. The van der Waals surface area contributed by atoms with Gasteiger partial charge in [0.15, 0.2) is 0 Å². The Balaban J connectivity index is 2.01. The molecule has 0 aliphatic carbocycles. The average Bonchev–Trinajstić information content (AvgIpc) is 2.83. The predicted molar refractivity (Wildman–Crippen MR) is 138 cm³/mol. The molecule has 1 saturated heterocycles. The third-order valence-electron chi connectivity index (χ3n) is 6.60. The Morgan fingerprint density at radius 1 is 1.26 bits per heavy atom. The monoisotopic (exact) mass is 483 g/mol. The fourth-order valence-corrected chi connectivity index (χ4v) is 4.68. The highest BCUT2D eigenvalue weighted by Gasteiger charge is 2.27. The lowest BCUT2D eigenvalue weighted by Crippen LogP contribution is -2.36. The number of nitrogens with two attached hydrogens (primary N) is 1. The van der Waals surface area contributed by atoms with Crippen LogP contribution in [0.3, 0.4) is 0 Å². The zero-order valence-corrected chi connectivity index (χ0v) is 20.8. The summed E-state index contributed by atoms with van der Waals surface area (Å²) in [6.45, 7) is 5.19. The molecule has 0 aromatic heterocycles. The summed E-state index contributed by atoms with van der Waals surface area (Å²) in [5.41, 5.74) is 9.77. The van der Waals surface area contributed by atoms with Crippen LogP contribution in [0.4, 0.5) is 21.9 Å². The Bertz CT molecular complexity index is 1010. The smallest absolute Gasteiger partial charge is 0.323 e. The maximum atomic E-state index is 12.8. The zero-order chi connectivity index (χ0) is 25.4. The minimum absolute atomic E-state index is 0.0186. The number of nitrogens with one attached hydrogen (secondary N) is 1. The Morgan fingerprint density at radius 3 is 2.69 bits per heavy atom. The number of anilines is 3. The van der Waals surface area contributed by atoms with Crippen LogP contribution in [0.15, 0.2) is 42.5 Å². The molecule has 1 heterocycles.